The normalized spacial score (nSPS) is 15.3. The second-order valence-electron chi connectivity index (χ2n) is 6.01. The minimum Gasteiger partial charge on any atom is -0.355 e. The fraction of sp³-hybridized carbons (Fsp3) is 0.353. The lowest BCUT2D eigenvalue weighted by molar-refractivity contribution is -0.120. The first-order chi connectivity index (χ1) is 12.0. The molecule has 3 rings (SSSR count). The van der Waals surface area contributed by atoms with Crippen molar-refractivity contribution >= 4 is 17.4 Å². The van der Waals surface area contributed by atoms with E-state index in [1.165, 1.54) is 0 Å². The maximum atomic E-state index is 13.7. The third-order valence-electron chi connectivity index (χ3n) is 4.27. The van der Waals surface area contributed by atoms with Crippen LogP contribution in [0, 0.1) is 30.3 Å². The van der Waals surface area contributed by atoms with Gasteiger partial charge in [-0.1, -0.05) is 0 Å². The average Bonchev–Trinajstić information content (AvgIpc) is 2.63. The van der Waals surface area contributed by atoms with E-state index in [2.05, 4.69) is 15.5 Å². The van der Waals surface area contributed by atoms with Crippen LogP contribution in [0.3, 0.4) is 0 Å². The Hall–Kier alpha value is -2.64. The Morgan fingerprint density at radius 3 is 2.44 bits per heavy atom. The fourth-order valence-electron chi connectivity index (χ4n) is 2.79. The standard InChI is InChI=1S/C17H17F3N4O/c1-10-2-5-14(23-22-10)24-8-6-11(7-9-24)17(25)21-13-4-3-12(18)15(19)16(13)20/h2-5,11H,6-9H2,1H3,(H,21,25). The van der Waals surface area contributed by atoms with E-state index >= 15 is 0 Å². The molecule has 1 saturated heterocycles. The van der Waals surface area contributed by atoms with Crippen molar-refractivity contribution in [2.75, 3.05) is 23.3 Å². The molecule has 2 aromatic rings. The Balaban J connectivity index is 1.60. The largest absolute Gasteiger partial charge is 0.355 e. The van der Waals surface area contributed by atoms with E-state index in [1.54, 1.807) is 0 Å². The zero-order chi connectivity index (χ0) is 18.0. The van der Waals surface area contributed by atoms with Crippen LogP contribution in [0.2, 0.25) is 0 Å². The number of anilines is 2. The molecule has 1 fully saturated rings. The van der Waals surface area contributed by atoms with Crippen LogP contribution in [-0.4, -0.2) is 29.2 Å². The van der Waals surface area contributed by atoms with Gasteiger partial charge in [-0.25, -0.2) is 13.2 Å². The molecule has 1 amide bonds. The molecule has 1 aromatic carbocycles. The molecule has 0 bridgehead atoms. The number of nitrogens with zero attached hydrogens (tertiary/aromatic N) is 3. The van der Waals surface area contributed by atoms with E-state index in [0.29, 0.717) is 25.9 Å². The molecule has 0 aliphatic carbocycles. The molecule has 1 N–H and O–H groups in total. The van der Waals surface area contributed by atoms with Gasteiger partial charge in [0.05, 0.1) is 11.4 Å². The molecule has 1 aromatic heterocycles. The number of rotatable bonds is 3. The molecular formula is C17H17F3N4O. The molecule has 8 heteroatoms. The number of hydrogen-bond acceptors (Lipinski definition) is 4. The fourth-order valence-corrected chi connectivity index (χ4v) is 2.79. The Bertz CT molecular complexity index is 774. The number of nitrogens with one attached hydrogen (secondary N) is 1. The van der Waals surface area contributed by atoms with E-state index in [9.17, 15) is 18.0 Å². The number of aromatic nitrogens is 2. The molecule has 1 aliphatic heterocycles. The monoisotopic (exact) mass is 350 g/mol. The maximum Gasteiger partial charge on any atom is 0.227 e. The van der Waals surface area contributed by atoms with Crippen LogP contribution in [0.15, 0.2) is 24.3 Å². The van der Waals surface area contributed by atoms with Crippen molar-refractivity contribution in [1.82, 2.24) is 10.2 Å². The summed E-state index contributed by atoms with van der Waals surface area (Å²) in [6.45, 7) is 3.07. The van der Waals surface area contributed by atoms with Crippen LogP contribution in [-0.2, 0) is 4.79 Å². The van der Waals surface area contributed by atoms with Crippen molar-refractivity contribution in [2.24, 2.45) is 5.92 Å². The molecule has 0 spiro atoms. The first-order valence-electron chi connectivity index (χ1n) is 7.95. The van der Waals surface area contributed by atoms with E-state index in [4.69, 9.17) is 0 Å². The van der Waals surface area contributed by atoms with Crippen LogP contribution < -0.4 is 10.2 Å². The van der Waals surface area contributed by atoms with Crippen molar-refractivity contribution in [3.8, 4) is 0 Å². The van der Waals surface area contributed by atoms with Crippen LogP contribution in [0.25, 0.3) is 0 Å². The highest BCUT2D eigenvalue weighted by molar-refractivity contribution is 5.92. The van der Waals surface area contributed by atoms with Gasteiger partial charge in [0.2, 0.25) is 5.91 Å². The summed E-state index contributed by atoms with van der Waals surface area (Å²) in [4.78, 5) is 14.3. The minimum atomic E-state index is -1.59. The molecule has 1 aliphatic rings. The van der Waals surface area contributed by atoms with Crippen molar-refractivity contribution < 1.29 is 18.0 Å². The second-order valence-corrected chi connectivity index (χ2v) is 6.01. The number of aryl methyl sites for hydroxylation is 1. The molecule has 0 atom stereocenters. The van der Waals surface area contributed by atoms with Gasteiger partial charge in [0.1, 0.15) is 0 Å². The van der Waals surface area contributed by atoms with Gasteiger partial charge >= 0.3 is 0 Å². The second kappa shape index (κ2) is 7.08. The zero-order valence-electron chi connectivity index (χ0n) is 13.6. The predicted octanol–water partition coefficient (Wildman–Crippen LogP) is 3.06. The Labute approximate surface area is 142 Å². The van der Waals surface area contributed by atoms with Gasteiger partial charge in [0, 0.05) is 19.0 Å². The number of hydrogen-bond donors (Lipinski definition) is 1. The summed E-state index contributed by atoms with van der Waals surface area (Å²) in [6.07, 6.45) is 1.10. The lowest BCUT2D eigenvalue weighted by Gasteiger charge is -2.31. The average molecular weight is 350 g/mol. The van der Waals surface area contributed by atoms with Crippen molar-refractivity contribution in [2.45, 2.75) is 19.8 Å². The van der Waals surface area contributed by atoms with Crippen LogP contribution in [0.4, 0.5) is 24.7 Å². The molecule has 0 saturated carbocycles. The van der Waals surface area contributed by atoms with Gasteiger partial charge in [0.15, 0.2) is 23.3 Å². The van der Waals surface area contributed by atoms with Gasteiger partial charge in [-0.3, -0.25) is 4.79 Å². The number of amides is 1. The van der Waals surface area contributed by atoms with Crippen LogP contribution in [0.1, 0.15) is 18.5 Å². The summed E-state index contributed by atoms with van der Waals surface area (Å²) < 4.78 is 39.8. The SMILES string of the molecule is Cc1ccc(N2CCC(C(=O)Nc3ccc(F)c(F)c3F)CC2)nn1. The summed E-state index contributed by atoms with van der Waals surface area (Å²) >= 11 is 0. The molecule has 5 nitrogen and oxygen atoms in total. The van der Waals surface area contributed by atoms with E-state index < -0.39 is 23.4 Å². The van der Waals surface area contributed by atoms with Gasteiger partial charge in [0.25, 0.3) is 0 Å². The van der Waals surface area contributed by atoms with E-state index in [0.717, 1.165) is 23.6 Å². The molecular weight excluding hydrogens is 333 g/mol. The third-order valence-corrected chi connectivity index (χ3v) is 4.27. The number of piperidine rings is 1. The highest BCUT2D eigenvalue weighted by atomic mass is 19.2. The first-order valence-corrected chi connectivity index (χ1v) is 7.95. The summed E-state index contributed by atoms with van der Waals surface area (Å²) in [5.74, 6) is -4.26. The van der Waals surface area contributed by atoms with Gasteiger partial charge in [-0.2, -0.15) is 5.10 Å². The van der Waals surface area contributed by atoms with Crippen molar-refractivity contribution in [3.63, 3.8) is 0 Å². The van der Waals surface area contributed by atoms with Crippen molar-refractivity contribution in [3.05, 3.63) is 47.4 Å². The van der Waals surface area contributed by atoms with Gasteiger partial charge in [-0.05, 0) is 44.0 Å². The van der Waals surface area contributed by atoms with E-state index in [1.807, 2.05) is 24.0 Å². The lowest BCUT2D eigenvalue weighted by Crippen LogP contribution is -2.38. The van der Waals surface area contributed by atoms with Crippen LogP contribution in [0.5, 0.6) is 0 Å². The molecule has 0 unspecified atom stereocenters. The summed E-state index contributed by atoms with van der Waals surface area (Å²) in [6, 6.07) is 5.54. The number of benzene rings is 1. The van der Waals surface area contributed by atoms with E-state index in [-0.39, 0.29) is 11.6 Å². The van der Waals surface area contributed by atoms with Gasteiger partial charge in [-0.15, -0.1) is 5.10 Å². The highest BCUT2D eigenvalue weighted by Crippen LogP contribution is 2.25. The summed E-state index contributed by atoms with van der Waals surface area (Å²) in [7, 11) is 0. The molecule has 0 radical (unpaired) electrons. The van der Waals surface area contributed by atoms with Gasteiger partial charge < -0.3 is 10.2 Å². The maximum absolute atomic E-state index is 13.7. The van der Waals surface area contributed by atoms with Crippen LogP contribution >= 0.6 is 0 Å². The lowest BCUT2D eigenvalue weighted by atomic mass is 9.95. The topological polar surface area (TPSA) is 58.1 Å². The van der Waals surface area contributed by atoms with Crippen molar-refractivity contribution in [1.29, 1.82) is 0 Å². The molecule has 132 valence electrons. The summed E-state index contributed by atoms with van der Waals surface area (Å²) in [5.41, 5.74) is 0.474. The molecule has 2 heterocycles. The smallest absolute Gasteiger partial charge is 0.227 e. The number of carbonyl (C=O) groups is 1. The predicted molar refractivity (Wildman–Crippen MR) is 86.7 cm³/mol. The first kappa shape index (κ1) is 17.2. The number of carbonyl (C=O) groups excluding carboxylic acids is 1. The quantitative estimate of drug-likeness (QED) is 0.865. The Morgan fingerprint density at radius 2 is 1.80 bits per heavy atom. The third kappa shape index (κ3) is 3.72. The summed E-state index contributed by atoms with van der Waals surface area (Å²) in [5, 5.41) is 10.5. The zero-order valence-corrected chi connectivity index (χ0v) is 13.6. The highest BCUT2D eigenvalue weighted by Gasteiger charge is 2.27. The number of halogens is 3. The molecule has 25 heavy (non-hydrogen) atoms. The minimum absolute atomic E-state index is 0.331. The Morgan fingerprint density at radius 1 is 1.08 bits per heavy atom. The Kier molecular flexibility index (Phi) is 4.87.